The normalized spacial score (nSPS) is 20.7. The fourth-order valence-corrected chi connectivity index (χ4v) is 2.91. The van der Waals surface area contributed by atoms with Gasteiger partial charge in [0.15, 0.2) is 5.96 Å². The van der Waals surface area contributed by atoms with Crippen LogP contribution >= 0.6 is 24.0 Å². The van der Waals surface area contributed by atoms with Crippen molar-refractivity contribution >= 4 is 29.9 Å². The van der Waals surface area contributed by atoms with Crippen LogP contribution in [0.2, 0.25) is 0 Å². The first-order chi connectivity index (χ1) is 11.8. The number of halogens is 5. The molecule has 0 amide bonds. The van der Waals surface area contributed by atoms with Crippen LogP contribution in [0.5, 0.6) is 0 Å². The fourth-order valence-electron chi connectivity index (χ4n) is 2.91. The third-order valence-electron chi connectivity index (χ3n) is 4.38. The van der Waals surface area contributed by atoms with E-state index in [4.69, 9.17) is 5.26 Å². The number of aliphatic imine (C=N–C) groups is 1. The number of hydrogen-bond donors (Lipinski definition) is 2. The highest BCUT2D eigenvalue weighted by Crippen LogP contribution is 2.37. The molecule has 0 radical (unpaired) electrons. The Morgan fingerprint density at radius 1 is 1.27 bits per heavy atom. The number of alkyl halides is 3. The maximum absolute atomic E-state index is 13.8. The zero-order valence-corrected chi connectivity index (χ0v) is 16.6. The molecule has 4 nitrogen and oxygen atoms in total. The molecule has 1 aliphatic rings. The summed E-state index contributed by atoms with van der Waals surface area (Å²) in [6.07, 6.45) is -3.13. The van der Waals surface area contributed by atoms with Gasteiger partial charge in [0.25, 0.3) is 0 Å². The summed E-state index contributed by atoms with van der Waals surface area (Å²) in [6, 6.07) is 5.92. The molecule has 1 aromatic rings. The Balaban J connectivity index is 0.00000338. The summed E-state index contributed by atoms with van der Waals surface area (Å²) in [5, 5.41) is 14.9. The Hall–Kier alpha value is -1.57. The highest BCUT2D eigenvalue weighted by molar-refractivity contribution is 14.0. The lowest BCUT2D eigenvalue weighted by Crippen LogP contribution is -2.45. The van der Waals surface area contributed by atoms with Crippen LogP contribution in [0.1, 0.15) is 36.8 Å². The monoisotopic (exact) mass is 484 g/mol. The lowest BCUT2D eigenvalue weighted by molar-refractivity contribution is -0.182. The van der Waals surface area contributed by atoms with E-state index in [1.54, 1.807) is 7.05 Å². The quantitative estimate of drug-likeness (QED) is 0.294. The van der Waals surface area contributed by atoms with Gasteiger partial charge in [0.1, 0.15) is 5.82 Å². The molecule has 0 aromatic heterocycles. The maximum atomic E-state index is 13.8. The van der Waals surface area contributed by atoms with Crippen molar-refractivity contribution in [1.82, 2.24) is 10.6 Å². The first-order valence-corrected chi connectivity index (χ1v) is 8.06. The van der Waals surface area contributed by atoms with Crippen molar-refractivity contribution in [2.24, 2.45) is 10.9 Å². The van der Waals surface area contributed by atoms with Crippen LogP contribution in [0.15, 0.2) is 23.2 Å². The second-order valence-electron chi connectivity index (χ2n) is 6.08. The molecule has 0 aliphatic heterocycles. The number of hydrogen-bond acceptors (Lipinski definition) is 2. The molecule has 0 heterocycles. The average Bonchev–Trinajstić information content (AvgIpc) is 2.59. The molecule has 1 aliphatic carbocycles. The Morgan fingerprint density at radius 2 is 1.92 bits per heavy atom. The largest absolute Gasteiger partial charge is 0.391 e. The Morgan fingerprint density at radius 3 is 2.46 bits per heavy atom. The Kier molecular flexibility index (Phi) is 8.59. The molecule has 2 N–H and O–H groups in total. The second-order valence-corrected chi connectivity index (χ2v) is 6.08. The van der Waals surface area contributed by atoms with Crippen molar-refractivity contribution in [3.05, 3.63) is 35.1 Å². The summed E-state index contributed by atoms with van der Waals surface area (Å²) in [5.74, 6) is -1.27. The molecule has 0 atom stereocenters. The molecular weight excluding hydrogens is 463 g/mol. The number of nitriles is 1. The van der Waals surface area contributed by atoms with E-state index in [2.05, 4.69) is 15.6 Å². The van der Waals surface area contributed by atoms with Gasteiger partial charge in [-0.1, -0.05) is 0 Å². The van der Waals surface area contributed by atoms with Gasteiger partial charge in [-0.15, -0.1) is 24.0 Å². The Bertz CT molecular complexity index is 662. The number of guanidine groups is 1. The van der Waals surface area contributed by atoms with Crippen molar-refractivity contribution in [1.29, 1.82) is 5.26 Å². The molecule has 0 saturated heterocycles. The van der Waals surface area contributed by atoms with E-state index in [9.17, 15) is 17.6 Å². The van der Waals surface area contributed by atoms with Gasteiger partial charge < -0.3 is 10.6 Å². The summed E-state index contributed by atoms with van der Waals surface area (Å²) in [7, 11) is 1.54. The standard InChI is InChI=1S/C17H20F4N4.HI/c1-23-16(24-10-12-8-11(9-22)2-7-15(12)18)25-14-5-3-13(4-6-14)17(19,20)21;/h2,7-8,13-14H,3-6,10H2,1H3,(H2,23,24,25);1H. The van der Waals surface area contributed by atoms with E-state index in [-0.39, 0.29) is 49.4 Å². The molecule has 2 rings (SSSR count). The van der Waals surface area contributed by atoms with Crippen molar-refractivity contribution in [2.45, 2.75) is 44.4 Å². The van der Waals surface area contributed by atoms with E-state index in [1.165, 1.54) is 18.2 Å². The average molecular weight is 484 g/mol. The van der Waals surface area contributed by atoms with E-state index in [0.717, 1.165) is 0 Å². The van der Waals surface area contributed by atoms with Crippen LogP contribution in [0.3, 0.4) is 0 Å². The van der Waals surface area contributed by atoms with E-state index >= 15 is 0 Å². The van der Waals surface area contributed by atoms with Gasteiger partial charge in [-0.3, -0.25) is 4.99 Å². The lowest BCUT2D eigenvalue weighted by Gasteiger charge is -2.31. The topological polar surface area (TPSA) is 60.2 Å². The van der Waals surface area contributed by atoms with Crippen LogP contribution < -0.4 is 10.6 Å². The summed E-state index contributed by atoms with van der Waals surface area (Å²) in [5.41, 5.74) is 0.675. The zero-order valence-electron chi connectivity index (χ0n) is 14.2. The van der Waals surface area contributed by atoms with Crippen molar-refractivity contribution in [3.8, 4) is 6.07 Å². The molecule has 1 saturated carbocycles. The van der Waals surface area contributed by atoms with E-state index in [0.29, 0.717) is 29.9 Å². The van der Waals surface area contributed by atoms with Crippen molar-refractivity contribution in [3.63, 3.8) is 0 Å². The third kappa shape index (κ3) is 6.30. The summed E-state index contributed by atoms with van der Waals surface area (Å²) in [4.78, 5) is 4.02. The third-order valence-corrected chi connectivity index (χ3v) is 4.38. The zero-order chi connectivity index (χ0) is 18.4. The summed E-state index contributed by atoms with van der Waals surface area (Å²) in [6.45, 7) is 0.124. The molecule has 0 unspecified atom stereocenters. The van der Waals surface area contributed by atoms with Gasteiger partial charge in [0.2, 0.25) is 0 Å². The molecule has 26 heavy (non-hydrogen) atoms. The van der Waals surface area contributed by atoms with Gasteiger partial charge in [-0.25, -0.2) is 4.39 Å². The van der Waals surface area contributed by atoms with Crippen LogP contribution in [0.25, 0.3) is 0 Å². The number of nitrogens with zero attached hydrogens (tertiary/aromatic N) is 2. The van der Waals surface area contributed by atoms with Crippen LogP contribution in [0, 0.1) is 23.1 Å². The smallest absolute Gasteiger partial charge is 0.354 e. The molecule has 0 bridgehead atoms. The predicted molar refractivity (Wildman–Crippen MR) is 102 cm³/mol. The first-order valence-electron chi connectivity index (χ1n) is 8.06. The van der Waals surface area contributed by atoms with Gasteiger partial charge in [0, 0.05) is 25.2 Å². The number of nitrogens with one attached hydrogen (secondary N) is 2. The van der Waals surface area contributed by atoms with Crippen molar-refractivity contribution in [2.75, 3.05) is 7.05 Å². The number of benzene rings is 1. The summed E-state index contributed by atoms with van der Waals surface area (Å²) < 4.78 is 51.8. The first kappa shape index (κ1) is 22.5. The highest BCUT2D eigenvalue weighted by Gasteiger charge is 2.41. The minimum absolute atomic E-state index is 0. The van der Waals surface area contributed by atoms with Crippen LogP contribution in [0.4, 0.5) is 17.6 Å². The highest BCUT2D eigenvalue weighted by atomic mass is 127. The summed E-state index contributed by atoms with van der Waals surface area (Å²) >= 11 is 0. The van der Waals surface area contributed by atoms with E-state index in [1.807, 2.05) is 6.07 Å². The maximum Gasteiger partial charge on any atom is 0.391 e. The van der Waals surface area contributed by atoms with Gasteiger partial charge in [-0.05, 0) is 43.9 Å². The molecule has 9 heteroatoms. The predicted octanol–water partition coefficient (Wildman–Crippen LogP) is 4.10. The molecule has 1 aromatic carbocycles. The van der Waals surface area contributed by atoms with Crippen molar-refractivity contribution < 1.29 is 17.6 Å². The Labute approximate surface area is 167 Å². The van der Waals surface area contributed by atoms with E-state index < -0.39 is 17.9 Å². The molecule has 0 spiro atoms. The number of rotatable bonds is 3. The minimum atomic E-state index is -4.13. The van der Waals surface area contributed by atoms with Crippen LogP contribution in [-0.2, 0) is 6.54 Å². The fraction of sp³-hybridized carbons (Fsp3) is 0.529. The van der Waals surface area contributed by atoms with Gasteiger partial charge >= 0.3 is 6.18 Å². The second kappa shape index (κ2) is 9.94. The van der Waals surface area contributed by atoms with Crippen LogP contribution in [-0.4, -0.2) is 25.2 Å². The lowest BCUT2D eigenvalue weighted by atomic mass is 9.85. The van der Waals surface area contributed by atoms with Gasteiger partial charge in [-0.2, -0.15) is 18.4 Å². The SMILES string of the molecule is CN=C(NCc1cc(C#N)ccc1F)NC1CCC(C(F)(F)F)CC1.I. The molecule has 144 valence electrons. The molecule has 1 fully saturated rings. The van der Waals surface area contributed by atoms with Gasteiger partial charge in [0.05, 0.1) is 17.6 Å². The molecular formula is C17H21F4IN4. The minimum Gasteiger partial charge on any atom is -0.354 e.